The highest BCUT2D eigenvalue weighted by molar-refractivity contribution is 7.17. The van der Waals surface area contributed by atoms with Gasteiger partial charge in [0, 0.05) is 29.1 Å². The average molecular weight is 406 g/mol. The number of thiophene rings is 1. The van der Waals surface area contributed by atoms with E-state index in [1.165, 1.54) is 17.4 Å². The van der Waals surface area contributed by atoms with Crippen LogP contribution < -0.4 is 4.90 Å². The zero-order chi connectivity index (χ0) is 19.7. The first-order chi connectivity index (χ1) is 13.6. The number of hydrogen-bond acceptors (Lipinski definition) is 8. The number of halogens is 1. The maximum absolute atomic E-state index is 14.8. The summed E-state index contributed by atoms with van der Waals surface area (Å²) in [4.78, 5) is 19.6. The van der Waals surface area contributed by atoms with Gasteiger partial charge in [-0.2, -0.15) is 0 Å². The monoisotopic (exact) mass is 406 g/mol. The third-order valence-corrected chi connectivity index (χ3v) is 5.90. The van der Waals surface area contributed by atoms with Gasteiger partial charge in [-0.1, -0.05) is 5.16 Å². The van der Waals surface area contributed by atoms with E-state index in [9.17, 15) is 14.3 Å². The number of aliphatic hydroxyl groups is 2. The van der Waals surface area contributed by atoms with E-state index in [4.69, 9.17) is 14.7 Å². The van der Waals surface area contributed by atoms with E-state index in [1.807, 2.05) is 12.1 Å². The minimum absolute atomic E-state index is 0.0968. The summed E-state index contributed by atoms with van der Waals surface area (Å²) in [5, 5.41) is 22.4. The summed E-state index contributed by atoms with van der Waals surface area (Å²) < 4.78 is 20.2. The van der Waals surface area contributed by atoms with Crippen molar-refractivity contribution in [3.8, 4) is 10.4 Å². The highest BCUT2D eigenvalue weighted by Crippen LogP contribution is 2.35. The molecule has 3 heterocycles. The van der Waals surface area contributed by atoms with Crippen LogP contribution in [0, 0.1) is 5.82 Å². The fourth-order valence-electron chi connectivity index (χ4n) is 3.29. The second kappa shape index (κ2) is 7.96. The van der Waals surface area contributed by atoms with Crippen LogP contribution in [-0.2, 0) is 14.4 Å². The van der Waals surface area contributed by atoms with E-state index in [2.05, 4.69) is 5.16 Å². The van der Waals surface area contributed by atoms with E-state index in [0.29, 0.717) is 30.5 Å². The summed E-state index contributed by atoms with van der Waals surface area (Å²) in [6, 6.07) is 8.44. The van der Waals surface area contributed by atoms with E-state index < -0.39 is 18.1 Å². The van der Waals surface area contributed by atoms with Crippen LogP contribution in [-0.4, -0.2) is 60.4 Å². The molecule has 4 rings (SSSR count). The molecular weight excluding hydrogens is 387 g/mol. The topological polar surface area (TPSA) is 91.6 Å². The normalized spacial score (nSPS) is 24.3. The van der Waals surface area contributed by atoms with Gasteiger partial charge in [0.05, 0.1) is 18.1 Å². The van der Waals surface area contributed by atoms with Gasteiger partial charge in [0.25, 0.3) is 0 Å². The second-order valence-corrected chi connectivity index (χ2v) is 7.68. The van der Waals surface area contributed by atoms with E-state index >= 15 is 0 Å². The number of carbonyl (C=O) groups is 1. The van der Waals surface area contributed by atoms with Gasteiger partial charge >= 0.3 is 0 Å². The van der Waals surface area contributed by atoms with Crippen LogP contribution in [0.1, 0.15) is 11.3 Å². The maximum Gasteiger partial charge on any atom is 0.187 e. The van der Waals surface area contributed by atoms with Crippen molar-refractivity contribution in [3.05, 3.63) is 41.0 Å². The lowest BCUT2D eigenvalue weighted by molar-refractivity contribution is -0.117. The number of carbonyl (C=O) groups excluding carboxylic acids is 1. The minimum atomic E-state index is -0.837. The smallest absolute Gasteiger partial charge is 0.187 e. The average Bonchev–Trinajstić information content (AvgIpc) is 3.45. The molecule has 0 spiro atoms. The van der Waals surface area contributed by atoms with Gasteiger partial charge in [-0.15, -0.1) is 11.3 Å². The molecule has 1 aromatic heterocycles. The number of anilines is 1. The van der Waals surface area contributed by atoms with Gasteiger partial charge in [0.2, 0.25) is 0 Å². The molecule has 0 saturated carbocycles. The summed E-state index contributed by atoms with van der Waals surface area (Å²) in [7, 11) is 0. The predicted molar refractivity (Wildman–Crippen MR) is 102 cm³/mol. The zero-order valence-corrected chi connectivity index (χ0v) is 15.6. The fraction of sp³-hybridized carbons (Fsp3) is 0.368. The number of benzene rings is 1. The van der Waals surface area contributed by atoms with E-state index in [1.54, 1.807) is 17.0 Å². The molecule has 7 nitrogen and oxygen atoms in total. The highest BCUT2D eigenvalue weighted by Gasteiger charge is 2.32. The quantitative estimate of drug-likeness (QED) is 0.711. The van der Waals surface area contributed by atoms with Crippen LogP contribution in [0.15, 0.2) is 35.5 Å². The van der Waals surface area contributed by atoms with Gasteiger partial charge in [0.1, 0.15) is 17.6 Å². The molecule has 1 saturated heterocycles. The van der Waals surface area contributed by atoms with Crippen LogP contribution in [0.5, 0.6) is 0 Å². The lowest BCUT2D eigenvalue weighted by atomic mass is 10.1. The predicted octanol–water partition coefficient (Wildman–Crippen LogP) is 1.76. The molecule has 1 aromatic carbocycles. The molecule has 2 aliphatic heterocycles. The van der Waals surface area contributed by atoms with Crippen molar-refractivity contribution in [2.45, 2.75) is 24.9 Å². The number of nitrogens with zero attached hydrogens (tertiary/aromatic N) is 2. The molecule has 0 radical (unpaired) electrons. The van der Waals surface area contributed by atoms with Crippen molar-refractivity contribution in [3.63, 3.8) is 0 Å². The summed E-state index contributed by atoms with van der Waals surface area (Å²) in [6.45, 7) is 0.0122. The Kier molecular flexibility index (Phi) is 5.40. The molecule has 2 unspecified atom stereocenters. The minimum Gasteiger partial charge on any atom is -0.394 e. The Morgan fingerprint density at radius 2 is 2.00 bits per heavy atom. The first-order valence-corrected chi connectivity index (χ1v) is 9.66. The Hall–Kier alpha value is -2.33. The van der Waals surface area contributed by atoms with Crippen molar-refractivity contribution in [2.24, 2.45) is 5.16 Å². The number of aliphatic hydroxyl groups excluding tert-OH is 2. The van der Waals surface area contributed by atoms with Gasteiger partial charge in [-0.3, -0.25) is 4.79 Å². The summed E-state index contributed by atoms with van der Waals surface area (Å²) in [5.41, 5.74) is 1.70. The van der Waals surface area contributed by atoms with Crippen LogP contribution in [0.25, 0.3) is 10.4 Å². The second-order valence-electron chi connectivity index (χ2n) is 6.60. The molecule has 0 bridgehead atoms. The lowest BCUT2D eigenvalue weighted by Crippen LogP contribution is -2.31. The van der Waals surface area contributed by atoms with Crippen molar-refractivity contribution >= 4 is 29.0 Å². The van der Waals surface area contributed by atoms with Gasteiger partial charge in [0.15, 0.2) is 18.6 Å². The molecule has 0 amide bonds. The fourth-order valence-corrected chi connectivity index (χ4v) is 4.31. The Morgan fingerprint density at radius 3 is 2.68 bits per heavy atom. The molecule has 2 aromatic rings. The number of oxime groups is 1. The largest absolute Gasteiger partial charge is 0.394 e. The van der Waals surface area contributed by atoms with Crippen LogP contribution in [0.2, 0.25) is 0 Å². The number of hydrogen-bond donors (Lipinski definition) is 2. The van der Waals surface area contributed by atoms with E-state index in [-0.39, 0.29) is 19.3 Å². The molecule has 1 fully saturated rings. The van der Waals surface area contributed by atoms with Crippen molar-refractivity contribution in [1.29, 1.82) is 0 Å². The lowest BCUT2D eigenvalue weighted by Gasteiger charge is -2.21. The summed E-state index contributed by atoms with van der Waals surface area (Å²) in [6.07, 6.45) is -0.485. The van der Waals surface area contributed by atoms with Gasteiger partial charge < -0.3 is 24.7 Å². The number of rotatable bonds is 6. The highest BCUT2D eigenvalue weighted by atomic mass is 32.1. The third kappa shape index (κ3) is 3.53. The molecular formula is C19H19FN2O5S. The first-order valence-electron chi connectivity index (χ1n) is 8.85. The van der Waals surface area contributed by atoms with Crippen molar-refractivity contribution in [1.82, 2.24) is 0 Å². The Balaban J connectivity index is 1.55. The molecule has 2 aliphatic rings. The molecule has 3 atom stereocenters. The molecule has 28 heavy (non-hydrogen) atoms. The van der Waals surface area contributed by atoms with Crippen LogP contribution in [0.4, 0.5) is 10.1 Å². The summed E-state index contributed by atoms with van der Waals surface area (Å²) >= 11 is 1.40. The van der Waals surface area contributed by atoms with Crippen molar-refractivity contribution in [2.75, 3.05) is 24.7 Å². The standard InChI is InChI=1S/C19H19FN2O5S/c20-15-5-11(22-7-13(9-24)26-19(22)10-25)1-2-14(15)17-3-4-18(28-17)16-6-12(8-23)27-21-16/h1-5,10,12-13,19,23-24H,6-9H2/t12?,13-,19?/m1/s1. The molecule has 0 aliphatic carbocycles. The molecule has 9 heteroatoms. The van der Waals surface area contributed by atoms with Crippen LogP contribution in [0.3, 0.4) is 0 Å². The molecule has 148 valence electrons. The summed E-state index contributed by atoms with van der Waals surface area (Å²) in [5.74, 6) is -0.416. The van der Waals surface area contributed by atoms with Crippen LogP contribution >= 0.6 is 11.3 Å². The van der Waals surface area contributed by atoms with Gasteiger partial charge in [-0.25, -0.2) is 4.39 Å². The SMILES string of the molecule is O=CC1O[C@@H](CO)CN1c1ccc(-c2ccc(C3=NOC(CO)C3)s2)c(F)c1. The van der Waals surface area contributed by atoms with Gasteiger partial charge in [-0.05, 0) is 30.3 Å². The Labute approximate surface area is 164 Å². The Morgan fingerprint density at radius 1 is 1.21 bits per heavy atom. The number of aldehydes is 1. The zero-order valence-electron chi connectivity index (χ0n) is 14.8. The number of ether oxygens (including phenoxy) is 1. The molecule has 2 N–H and O–H groups in total. The Bertz CT molecular complexity index is 902. The third-order valence-electron chi connectivity index (χ3n) is 4.74. The maximum atomic E-state index is 14.8. The first kappa shape index (κ1) is 19.0. The van der Waals surface area contributed by atoms with Crippen molar-refractivity contribution < 1.29 is 29.0 Å². The van der Waals surface area contributed by atoms with E-state index in [0.717, 1.165) is 15.5 Å².